The number of fused-ring (bicyclic) bond motifs is 1. The van der Waals surface area contributed by atoms with Crippen LogP contribution in [0.5, 0.6) is 0 Å². The van der Waals surface area contributed by atoms with Crippen LogP contribution in [0, 0.1) is 58.2 Å². The van der Waals surface area contributed by atoms with E-state index in [0.717, 1.165) is 36.4 Å². The molecule has 0 spiro atoms. The first-order chi connectivity index (χ1) is 15.0. The Morgan fingerprint density at radius 1 is 0.312 bits per heavy atom. The minimum atomic E-state index is -2.32. The van der Waals surface area contributed by atoms with E-state index in [2.05, 4.69) is 0 Å². The van der Waals surface area contributed by atoms with Crippen LogP contribution in [0.1, 0.15) is 0 Å². The van der Waals surface area contributed by atoms with E-state index in [-0.39, 0.29) is 10.8 Å². The van der Waals surface area contributed by atoms with Gasteiger partial charge in [-0.05, 0) is 34.0 Å². The van der Waals surface area contributed by atoms with Crippen LogP contribution >= 0.6 is 0 Å². The van der Waals surface area contributed by atoms with Crippen LogP contribution in [0.25, 0.3) is 33.0 Å². The highest BCUT2D eigenvalue weighted by atomic mass is 19.2. The van der Waals surface area contributed by atoms with Gasteiger partial charge >= 0.3 is 0 Å². The van der Waals surface area contributed by atoms with E-state index in [1.165, 1.54) is 0 Å². The smallest absolute Gasteiger partial charge is 0.200 e. The molecule has 4 aromatic rings. The quantitative estimate of drug-likeness (QED) is 0.165. The number of rotatable bonds is 2. The van der Waals surface area contributed by atoms with Gasteiger partial charge in [0.15, 0.2) is 46.5 Å². The molecule has 4 aromatic carbocycles. The molecular formula is C22H6F10. The highest BCUT2D eigenvalue weighted by Crippen LogP contribution is 2.36. The van der Waals surface area contributed by atoms with Gasteiger partial charge in [-0.3, -0.25) is 0 Å². The number of hydrogen-bond acceptors (Lipinski definition) is 0. The number of benzene rings is 4. The van der Waals surface area contributed by atoms with E-state index in [9.17, 15) is 43.9 Å². The molecule has 0 aliphatic heterocycles. The second kappa shape index (κ2) is 7.54. The first-order valence-electron chi connectivity index (χ1n) is 8.62. The second-order valence-corrected chi connectivity index (χ2v) is 6.67. The van der Waals surface area contributed by atoms with E-state index in [1.807, 2.05) is 0 Å². The third kappa shape index (κ3) is 3.09. The monoisotopic (exact) mass is 460 g/mol. The van der Waals surface area contributed by atoms with Crippen molar-refractivity contribution in [1.82, 2.24) is 0 Å². The molecule has 4 rings (SSSR count). The molecule has 0 unspecified atom stereocenters. The van der Waals surface area contributed by atoms with Crippen LogP contribution in [0.4, 0.5) is 43.9 Å². The lowest BCUT2D eigenvalue weighted by Crippen LogP contribution is -2.04. The summed E-state index contributed by atoms with van der Waals surface area (Å²) in [6.07, 6.45) is 0. The van der Waals surface area contributed by atoms with Crippen molar-refractivity contribution in [2.45, 2.75) is 0 Å². The molecule has 0 N–H and O–H groups in total. The van der Waals surface area contributed by atoms with Crippen molar-refractivity contribution in [2.24, 2.45) is 0 Å². The molecule has 32 heavy (non-hydrogen) atoms. The van der Waals surface area contributed by atoms with Crippen molar-refractivity contribution in [1.29, 1.82) is 0 Å². The van der Waals surface area contributed by atoms with Gasteiger partial charge in [0.05, 0.1) is 11.1 Å². The average molecular weight is 460 g/mol. The minimum absolute atomic E-state index is 0.124. The Morgan fingerprint density at radius 3 is 0.844 bits per heavy atom. The molecule has 0 bridgehead atoms. The molecular weight excluding hydrogens is 454 g/mol. The van der Waals surface area contributed by atoms with Gasteiger partial charge in [0.25, 0.3) is 0 Å². The summed E-state index contributed by atoms with van der Waals surface area (Å²) < 4.78 is 137. The van der Waals surface area contributed by atoms with Crippen molar-refractivity contribution >= 4 is 10.8 Å². The third-order valence-electron chi connectivity index (χ3n) is 4.84. The summed E-state index contributed by atoms with van der Waals surface area (Å²) in [5.74, 6) is -21.4. The Hall–Kier alpha value is -3.56. The van der Waals surface area contributed by atoms with Gasteiger partial charge in [0.1, 0.15) is 0 Å². The fourth-order valence-corrected chi connectivity index (χ4v) is 3.27. The lowest BCUT2D eigenvalue weighted by atomic mass is 9.96. The molecule has 0 aliphatic rings. The molecule has 0 radical (unpaired) electrons. The Kier molecular flexibility index (Phi) is 5.10. The van der Waals surface area contributed by atoms with Crippen molar-refractivity contribution in [3.8, 4) is 22.3 Å². The summed E-state index contributed by atoms with van der Waals surface area (Å²) in [6, 6.07) is 6.27. The zero-order chi connectivity index (χ0) is 23.5. The molecule has 164 valence electrons. The van der Waals surface area contributed by atoms with Gasteiger partial charge in [0, 0.05) is 0 Å². The maximum absolute atomic E-state index is 14.1. The Morgan fingerprint density at radius 2 is 0.562 bits per heavy atom. The van der Waals surface area contributed by atoms with E-state index in [0.29, 0.717) is 0 Å². The first kappa shape index (κ1) is 21.7. The summed E-state index contributed by atoms with van der Waals surface area (Å²) in [7, 11) is 0. The van der Waals surface area contributed by atoms with Crippen molar-refractivity contribution in [3.05, 3.63) is 94.6 Å². The molecule has 0 amide bonds. The van der Waals surface area contributed by atoms with Gasteiger partial charge in [-0.2, -0.15) is 0 Å². The fraction of sp³-hybridized carbons (Fsp3) is 0. The zero-order valence-electron chi connectivity index (χ0n) is 15.2. The summed E-state index contributed by atoms with van der Waals surface area (Å²) in [5, 5.41) is 0.248. The van der Waals surface area contributed by atoms with E-state index in [4.69, 9.17) is 0 Å². The molecule has 0 fully saturated rings. The van der Waals surface area contributed by atoms with Crippen molar-refractivity contribution in [2.75, 3.05) is 0 Å². The molecule has 0 aromatic heterocycles. The minimum Gasteiger partial charge on any atom is -0.203 e. The molecule has 0 heterocycles. The van der Waals surface area contributed by atoms with Crippen LogP contribution in [0.2, 0.25) is 0 Å². The van der Waals surface area contributed by atoms with Crippen LogP contribution < -0.4 is 0 Å². The van der Waals surface area contributed by atoms with E-state index >= 15 is 0 Å². The Bertz CT molecular complexity index is 1260. The first-order valence-corrected chi connectivity index (χ1v) is 8.62. The second-order valence-electron chi connectivity index (χ2n) is 6.67. The Labute approximate surface area is 172 Å². The maximum Gasteiger partial charge on any atom is 0.200 e. The zero-order valence-corrected chi connectivity index (χ0v) is 15.2. The van der Waals surface area contributed by atoms with Gasteiger partial charge in [-0.15, -0.1) is 0 Å². The number of hydrogen-bond donors (Lipinski definition) is 0. The maximum atomic E-state index is 14.1. The van der Waals surface area contributed by atoms with Gasteiger partial charge in [-0.25, -0.2) is 43.9 Å². The number of halogens is 10. The lowest BCUT2D eigenvalue weighted by Gasteiger charge is -2.11. The predicted octanol–water partition coefficient (Wildman–Crippen LogP) is 7.56. The molecule has 0 saturated heterocycles. The largest absolute Gasteiger partial charge is 0.203 e. The van der Waals surface area contributed by atoms with Gasteiger partial charge < -0.3 is 0 Å². The summed E-state index contributed by atoms with van der Waals surface area (Å²) in [5.41, 5.74) is -3.16. The summed E-state index contributed by atoms with van der Waals surface area (Å²) in [6.45, 7) is 0. The van der Waals surface area contributed by atoms with Gasteiger partial charge in [-0.1, -0.05) is 24.3 Å². The highest BCUT2D eigenvalue weighted by molar-refractivity contribution is 5.91. The molecule has 10 heteroatoms. The lowest BCUT2D eigenvalue weighted by molar-refractivity contribution is 0.381. The average Bonchev–Trinajstić information content (AvgIpc) is 2.79. The van der Waals surface area contributed by atoms with E-state index in [1.54, 1.807) is 0 Å². The molecule has 0 atom stereocenters. The van der Waals surface area contributed by atoms with Crippen molar-refractivity contribution in [3.63, 3.8) is 0 Å². The fourth-order valence-electron chi connectivity index (χ4n) is 3.27. The van der Waals surface area contributed by atoms with Gasteiger partial charge in [0.2, 0.25) is 11.6 Å². The summed E-state index contributed by atoms with van der Waals surface area (Å²) >= 11 is 0. The van der Waals surface area contributed by atoms with Crippen LogP contribution in [-0.4, -0.2) is 0 Å². The molecule has 0 nitrogen and oxygen atoms in total. The summed E-state index contributed by atoms with van der Waals surface area (Å²) in [4.78, 5) is 0. The van der Waals surface area contributed by atoms with Crippen LogP contribution in [0.3, 0.4) is 0 Å². The normalized spacial score (nSPS) is 11.4. The van der Waals surface area contributed by atoms with Crippen molar-refractivity contribution < 1.29 is 43.9 Å². The SMILES string of the molecule is Fc1c(F)c(F)c(-c2ccc3cc(-c4c(F)c(F)c(F)c(F)c4F)ccc3c2)c(F)c1F. The predicted molar refractivity (Wildman–Crippen MR) is 94.4 cm³/mol. The Balaban J connectivity index is 1.90. The topological polar surface area (TPSA) is 0 Å². The standard InChI is InChI=1S/C22H6F10/c23-13-11(14(24)18(28)21(31)17(13)27)9-3-1-7-5-10(4-2-8(7)6-9)12-15(25)19(29)22(32)20(30)16(12)26/h1-6H. The van der Waals surface area contributed by atoms with Crippen LogP contribution in [-0.2, 0) is 0 Å². The highest BCUT2D eigenvalue weighted by Gasteiger charge is 2.28. The molecule has 0 aliphatic carbocycles. The van der Waals surface area contributed by atoms with Crippen LogP contribution in [0.15, 0.2) is 36.4 Å². The third-order valence-corrected chi connectivity index (χ3v) is 4.84. The molecule has 0 saturated carbocycles. The van der Waals surface area contributed by atoms with E-state index < -0.39 is 80.4 Å².